The van der Waals surface area contributed by atoms with Gasteiger partial charge in [-0.1, -0.05) is 12.1 Å². The zero-order chi connectivity index (χ0) is 8.55. The summed E-state index contributed by atoms with van der Waals surface area (Å²) in [5, 5.41) is 0. The van der Waals surface area contributed by atoms with Gasteiger partial charge in [0.05, 0.1) is 11.0 Å². The quantitative estimate of drug-likeness (QED) is 0.680. The molecule has 1 N–H and O–H groups in total. The average molecular weight is 166 g/mol. The molecule has 1 heterocycles. The molecule has 4 heteroatoms. The molecule has 0 fully saturated rings. The van der Waals surface area contributed by atoms with Gasteiger partial charge in [-0.3, -0.25) is 4.57 Å². The van der Waals surface area contributed by atoms with Gasteiger partial charge in [0.2, 0.25) is 0 Å². The molecular weight excluding hydrogens is 159 g/mol. The second-order valence-corrected chi connectivity index (χ2v) is 2.49. The smallest absolute Gasteiger partial charge is 0.305 e. The maximum Gasteiger partial charge on any atom is 0.328 e. The van der Waals surface area contributed by atoms with E-state index < -0.39 is 12.5 Å². The molecule has 0 aliphatic heterocycles. The lowest BCUT2D eigenvalue weighted by molar-refractivity contribution is 0.377. The largest absolute Gasteiger partial charge is 0.328 e. The number of benzene rings is 1. The Labute approximate surface area is 67.4 Å². The molecule has 0 aliphatic rings. The van der Waals surface area contributed by atoms with Crippen LogP contribution in [0.5, 0.6) is 0 Å². The van der Waals surface area contributed by atoms with Crippen molar-refractivity contribution in [3.05, 3.63) is 34.7 Å². The minimum Gasteiger partial charge on any atom is -0.305 e. The number of H-pyrrole nitrogens is 1. The summed E-state index contributed by atoms with van der Waals surface area (Å²) in [6.07, 6.45) is 0. The maximum atomic E-state index is 12.3. The van der Waals surface area contributed by atoms with Gasteiger partial charge < -0.3 is 4.98 Å². The second-order valence-electron chi connectivity index (χ2n) is 2.49. The fourth-order valence-corrected chi connectivity index (χ4v) is 1.23. The number of para-hydroxylation sites is 2. The van der Waals surface area contributed by atoms with Crippen LogP contribution in [0.15, 0.2) is 29.1 Å². The number of nitrogens with one attached hydrogen (secondary N) is 1. The first-order valence-corrected chi connectivity index (χ1v) is 3.56. The minimum atomic E-state index is -0.789. The summed E-state index contributed by atoms with van der Waals surface area (Å²) in [7, 11) is 0. The van der Waals surface area contributed by atoms with E-state index in [1.807, 2.05) is 0 Å². The van der Waals surface area contributed by atoms with Crippen molar-refractivity contribution < 1.29 is 4.39 Å². The molecule has 0 atom stereocenters. The molecule has 2 rings (SSSR count). The second kappa shape index (κ2) is 2.48. The van der Waals surface area contributed by atoms with E-state index in [-0.39, 0.29) is 0 Å². The Balaban J connectivity index is 2.91. The highest BCUT2D eigenvalue weighted by atomic mass is 19.1. The molecule has 0 spiro atoms. The van der Waals surface area contributed by atoms with E-state index >= 15 is 0 Å². The van der Waals surface area contributed by atoms with Crippen LogP contribution in [0.3, 0.4) is 0 Å². The standard InChI is InChI=1S/C8H7FN2O/c9-5-11-7-4-2-1-3-6(7)10-8(11)12/h1-4H,5H2,(H,10,12). The maximum absolute atomic E-state index is 12.3. The van der Waals surface area contributed by atoms with E-state index in [4.69, 9.17) is 0 Å². The van der Waals surface area contributed by atoms with Crippen molar-refractivity contribution in [2.45, 2.75) is 6.80 Å². The Hall–Kier alpha value is -1.58. The van der Waals surface area contributed by atoms with Crippen molar-refractivity contribution in [2.75, 3.05) is 0 Å². The van der Waals surface area contributed by atoms with Gasteiger partial charge in [-0.15, -0.1) is 0 Å². The lowest BCUT2D eigenvalue weighted by Gasteiger charge is -1.92. The number of fused-ring (bicyclic) bond motifs is 1. The van der Waals surface area contributed by atoms with Gasteiger partial charge in [-0.25, -0.2) is 9.18 Å². The molecule has 62 valence electrons. The molecular formula is C8H7FN2O. The van der Waals surface area contributed by atoms with Crippen LogP contribution in [0.1, 0.15) is 0 Å². The molecule has 12 heavy (non-hydrogen) atoms. The first-order chi connectivity index (χ1) is 5.83. The zero-order valence-corrected chi connectivity index (χ0v) is 6.25. The summed E-state index contributed by atoms with van der Waals surface area (Å²) in [6.45, 7) is -0.789. The van der Waals surface area contributed by atoms with Gasteiger partial charge in [-0.2, -0.15) is 0 Å². The van der Waals surface area contributed by atoms with Crippen LogP contribution in [-0.2, 0) is 6.80 Å². The number of imidazole rings is 1. The van der Waals surface area contributed by atoms with Gasteiger partial charge in [0, 0.05) is 0 Å². The molecule has 0 saturated heterocycles. The van der Waals surface area contributed by atoms with Crippen molar-refractivity contribution in [1.29, 1.82) is 0 Å². The Morgan fingerprint density at radius 3 is 2.92 bits per heavy atom. The number of aromatic amines is 1. The highest BCUT2D eigenvalue weighted by Crippen LogP contribution is 2.08. The minimum absolute atomic E-state index is 0.404. The Morgan fingerprint density at radius 1 is 1.42 bits per heavy atom. The van der Waals surface area contributed by atoms with E-state index in [1.165, 1.54) is 0 Å². The monoisotopic (exact) mass is 166 g/mol. The third-order valence-electron chi connectivity index (χ3n) is 1.80. The molecule has 0 bridgehead atoms. The number of hydrogen-bond acceptors (Lipinski definition) is 1. The third-order valence-corrected chi connectivity index (χ3v) is 1.80. The summed E-state index contributed by atoms with van der Waals surface area (Å²) >= 11 is 0. The Bertz CT molecular complexity index is 457. The van der Waals surface area contributed by atoms with Crippen LogP contribution < -0.4 is 5.69 Å². The van der Waals surface area contributed by atoms with E-state index in [1.54, 1.807) is 24.3 Å². The van der Waals surface area contributed by atoms with Crippen molar-refractivity contribution in [2.24, 2.45) is 0 Å². The van der Waals surface area contributed by atoms with Crippen LogP contribution in [0.25, 0.3) is 11.0 Å². The number of rotatable bonds is 1. The SMILES string of the molecule is O=c1[nH]c2ccccc2n1CF. The molecule has 0 amide bonds. The van der Waals surface area contributed by atoms with Crippen molar-refractivity contribution in [3.63, 3.8) is 0 Å². The molecule has 0 unspecified atom stereocenters. The summed E-state index contributed by atoms with van der Waals surface area (Å²) in [5.74, 6) is 0. The van der Waals surface area contributed by atoms with Crippen molar-refractivity contribution in [3.8, 4) is 0 Å². The third kappa shape index (κ3) is 0.845. The molecule has 0 saturated carbocycles. The molecule has 0 aliphatic carbocycles. The molecule has 2 aromatic rings. The number of hydrogen-bond donors (Lipinski definition) is 1. The molecule has 0 radical (unpaired) electrons. The van der Waals surface area contributed by atoms with Crippen molar-refractivity contribution >= 4 is 11.0 Å². The van der Waals surface area contributed by atoms with E-state index in [9.17, 15) is 9.18 Å². The predicted octanol–water partition coefficient (Wildman–Crippen LogP) is 1.26. The first kappa shape index (κ1) is 7.09. The number of aromatic nitrogens is 2. The van der Waals surface area contributed by atoms with Gasteiger partial charge in [0.25, 0.3) is 0 Å². The number of nitrogens with zero attached hydrogens (tertiary/aromatic N) is 1. The van der Waals surface area contributed by atoms with Gasteiger partial charge in [0.1, 0.15) is 0 Å². The average Bonchev–Trinajstić information content (AvgIpc) is 2.40. The summed E-state index contributed by atoms with van der Waals surface area (Å²) in [4.78, 5) is 13.6. The summed E-state index contributed by atoms with van der Waals surface area (Å²) in [5.41, 5.74) is 0.865. The molecule has 1 aromatic carbocycles. The van der Waals surface area contributed by atoms with Gasteiger partial charge in [0.15, 0.2) is 6.80 Å². The highest BCUT2D eigenvalue weighted by molar-refractivity contribution is 5.74. The highest BCUT2D eigenvalue weighted by Gasteiger charge is 2.03. The lowest BCUT2D eigenvalue weighted by atomic mass is 10.3. The number of alkyl halides is 1. The normalized spacial score (nSPS) is 10.8. The summed E-state index contributed by atoms with van der Waals surface area (Å²) in [6, 6.07) is 7.00. The predicted molar refractivity (Wildman–Crippen MR) is 43.7 cm³/mol. The van der Waals surface area contributed by atoms with Crippen LogP contribution >= 0.6 is 0 Å². The van der Waals surface area contributed by atoms with E-state index in [0.29, 0.717) is 11.0 Å². The zero-order valence-electron chi connectivity index (χ0n) is 6.25. The van der Waals surface area contributed by atoms with Gasteiger partial charge in [-0.05, 0) is 12.1 Å². The molecule has 1 aromatic heterocycles. The number of halogens is 1. The van der Waals surface area contributed by atoms with Crippen molar-refractivity contribution in [1.82, 2.24) is 9.55 Å². The van der Waals surface area contributed by atoms with Crippen LogP contribution in [0, 0.1) is 0 Å². The van der Waals surface area contributed by atoms with Crippen LogP contribution in [-0.4, -0.2) is 9.55 Å². The fourth-order valence-electron chi connectivity index (χ4n) is 1.23. The van der Waals surface area contributed by atoms with E-state index in [2.05, 4.69) is 4.98 Å². The Morgan fingerprint density at radius 2 is 2.17 bits per heavy atom. The topological polar surface area (TPSA) is 37.8 Å². The first-order valence-electron chi connectivity index (χ1n) is 3.56. The Kier molecular flexibility index (Phi) is 1.46. The van der Waals surface area contributed by atoms with Gasteiger partial charge >= 0.3 is 5.69 Å². The summed E-state index contributed by atoms with van der Waals surface area (Å²) < 4.78 is 13.3. The van der Waals surface area contributed by atoms with E-state index in [0.717, 1.165) is 4.57 Å². The van der Waals surface area contributed by atoms with Crippen LogP contribution in [0.2, 0.25) is 0 Å². The lowest BCUT2D eigenvalue weighted by Crippen LogP contribution is -2.14. The fraction of sp³-hybridized carbons (Fsp3) is 0.125. The van der Waals surface area contributed by atoms with Crippen LogP contribution in [0.4, 0.5) is 4.39 Å². The molecule has 3 nitrogen and oxygen atoms in total.